The van der Waals surface area contributed by atoms with Crippen LogP contribution >= 0.6 is 0 Å². The van der Waals surface area contributed by atoms with E-state index in [0.717, 1.165) is 17.0 Å². The lowest BCUT2D eigenvalue weighted by atomic mass is 10.1. The summed E-state index contributed by atoms with van der Waals surface area (Å²) in [7, 11) is 0. The summed E-state index contributed by atoms with van der Waals surface area (Å²) in [6.07, 6.45) is 0. The van der Waals surface area contributed by atoms with Crippen LogP contribution in [0.4, 0.5) is 4.39 Å². The lowest BCUT2D eigenvalue weighted by Gasteiger charge is -2.06. The quantitative estimate of drug-likeness (QED) is 0.794. The highest BCUT2D eigenvalue weighted by Gasteiger charge is 2.07. The van der Waals surface area contributed by atoms with Crippen molar-refractivity contribution in [3.05, 3.63) is 52.6 Å². The molecule has 0 radical (unpaired) electrons. The molecule has 17 heavy (non-hydrogen) atoms. The number of nitrogens with zero attached hydrogens (tertiary/aromatic N) is 3. The molecule has 0 bridgehead atoms. The molecule has 2 aromatic rings. The summed E-state index contributed by atoms with van der Waals surface area (Å²) in [6.45, 7) is 4.36. The van der Waals surface area contributed by atoms with Gasteiger partial charge < -0.3 is 0 Å². The van der Waals surface area contributed by atoms with Crippen LogP contribution in [0.2, 0.25) is 0 Å². The summed E-state index contributed by atoms with van der Waals surface area (Å²) in [5.74, 6) is -0.390. The van der Waals surface area contributed by atoms with E-state index < -0.39 is 5.82 Å². The van der Waals surface area contributed by atoms with Crippen LogP contribution in [-0.2, 0) is 6.54 Å². The largest absolute Gasteiger partial charge is 0.265 e. The topological polar surface area (TPSA) is 41.6 Å². The van der Waals surface area contributed by atoms with Crippen LogP contribution in [0, 0.1) is 31.0 Å². The Labute approximate surface area is 99.1 Å². The number of halogens is 1. The molecule has 0 saturated heterocycles. The lowest BCUT2D eigenvalue weighted by molar-refractivity contribution is 0.621. The smallest absolute Gasteiger partial charge is 0.124 e. The zero-order valence-corrected chi connectivity index (χ0v) is 9.74. The lowest BCUT2D eigenvalue weighted by Crippen LogP contribution is -2.05. The van der Waals surface area contributed by atoms with Gasteiger partial charge in [0.1, 0.15) is 5.82 Å². The molecule has 0 unspecified atom stereocenters. The molecule has 0 fully saturated rings. The molecule has 0 spiro atoms. The Bertz CT molecular complexity index is 593. The zero-order valence-electron chi connectivity index (χ0n) is 9.74. The summed E-state index contributed by atoms with van der Waals surface area (Å²) in [4.78, 5) is 0. The van der Waals surface area contributed by atoms with E-state index in [9.17, 15) is 4.39 Å². The van der Waals surface area contributed by atoms with E-state index >= 15 is 0 Å². The van der Waals surface area contributed by atoms with Crippen molar-refractivity contribution >= 4 is 0 Å². The normalized spacial score (nSPS) is 10.2. The van der Waals surface area contributed by atoms with Gasteiger partial charge in [-0.05, 0) is 37.6 Å². The van der Waals surface area contributed by atoms with E-state index in [0.29, 0.717) is 12.1 Å². The number of hydrogen-bond acceptors (Lipinski definition) is 2. The van der Waals surface area contributed by atoms with Gasteiger partial charge in [-0.2, -0.15) is 10.4 Å². The molecule has 0 atom stereocenters. The minimum Gasteiger partial charge on any atom is -0.265 e. The first-order chi connectivity index (χ1) is 8.10. The van der Waals surface area contributed by atoms with Crippen LogP contribution in [0.1, 0.15) is 22.5 Å². The maximum Gasteiger partial charge on any atom is 0.124 e. The van der Waals surface area contributed by atoms with Gasteiger partial charge in [0, 0.05) is 5.69 Å². The van der Waals surface area contributed by atoms with Crippen molar-refractivity contribution in [2.45, 2.75) is 20.4 Å². The second kappa shape index (κ2) is 4.38. The molecule has 2 rings (SSSR count). The molecular weight excluding hydrogens is 217 g/mol. The Hall–Kier alpha value is -2.15. The van der Waals surface area contributed by atoms with Gasteiger partial charge in [0.25, 0.3) is 0 Å². The molecule has 0 aliphatic rings. The van der Waals surface area contributed by atoms with Crippen LogP contribution in [0.15, 0.2) is 24.3 Å². The summed E-state index contributed by atoms with van der Waals surface area (Å²) >= 11 is 0. The van der Waals surface area contributed by atoms with E-state index in [-0.39, 0.29) is 0 Å². The fourth-order valence-electron chi connectivity index (χ4n) is 1.79. The third kappa shape index (κ3) is 2.34. The van der Waals surface area contributed by atoms with Gasteiger partial charge in [-0.15, -0.1) is 0 Å². The molecule has 0 saturated carbocycles. The molecular formula is C13H12FN3. The molecule has 0 N–H and O–H groups in total. The van der Waals surface area contributed by atoms with Crippen LogP contribution in [0.5, 0.6) is 0 Å². The molecule has 86 valence electrons. The van der Waals surface area contributed by atoms with E-state index in [1.807, 2.05) is 30.7 Å². The average Bonchev–Trinajstić information content (AvgIpc) is 2.60. The maximum atomic E-state index is 13.0. The van der Waals surface area contributed by atoms with E-state index in [4.69, 9.17) is 5.26 Å². The standard InChI is InChI=1S/C13H12FN3/c1-9-5-10(2)17(16-9)8-11-3-4-13(14)6-12(11)7-15/h3-6H,8H2,1-2H3. The predicted octanol–water partition coefficient (Wildman–Crippen LogP) is 2.56. The Morgan fingerprint density at radius 1 is 1.35 bits per heavy atom. The van der Waals surface area contributed by atoms with Crippen LogP contribution in [0.3, 0.4) is 0 Å². The maximum absolute atomic E-state index is 13.0. The molecule has 1 heterocycles. The van der Waals surface area contributed by atoms with Gasteiger partial charge in [0.05, 0.1) is 23.9 Å². The van der Waals surface area contributed by atoms with E-state index in [1.54, 1.807) is 6.07 Å². The molecule has 1 aromatic heterocycles. The number of benzene rings is 1. The van der Waals surface area contributed by atoms with Crippen LogP contribution in [-0.4, -0.2) is 9.78 Å². The third-order valence-electron chi connectivity index (χ3n) is 2.62. The van der Waals surface area contributed by atoms with Crippen molar-refractivity contribution in [3.63, 3.8) is 0 Å². The highest BCUT2D eigenvalue weighted by molar-refractivity contribution is 5.38. The van der Waals surface area contributed by atoms with Gasteiger partial charge in [0.2, 0.25) is 0 Å². The second-order valence-corrected chi connectivity index (χ2v) is 4.00. The Morgan fingerprint density at radius 2 is 2.12 bits per heavy atom. The van der Waals surface area contributed by atoms with Crippen molar-refractivity contribution in [2.24, 2.45) is 0 Å². The monoisotopic (exact) mass is 229 g/mol. The van der Waals surface area contributed by atoms with Crippen LogP contribution in [0.25, 0.3) is 0 Å². The summed E-state index contributed by atoms with van der Waals surface area (Å²) in [5, 5.41) is 13.3. The Balaban J connectivity index is 2.37. The summed E-state index contributed by atoms with van der Waals surface area (Å²) < 4.78 is 14.8. The molecule has 1 aromatic carbocycles. The third-order valence-corrected chi connectivity index (χ3v) is 2.62. The van der Waals surface area contributed by atoms with E-state index in [1.165, 1.54) is 12.1 Å². The first-order valence-electron chi connectivity index (χ1n) is 5.29. The van der Waals surface area contributed by atoms with Crippen molar-refractivity contribution < 1.29 is 4.39 Å². The summed E-state index contributed by atoms with van der Waals surface area (Å²) in [5.41, 5.74) is 3.09. The Kier molecular flexibility index (Phi) is 2.92. The SMILES string of the molecule is Cc1cc(C)n(Cc2ccc(F)cc2C#N)n1. The van der Waals surface area contributed by atoms with Gasteiger partial charge in [-0.1, -0.05) is 6.07 Å². The Morgan fingerprint density at radius 3 is 2.71 bits per heavy atom. The average molecular weight is 229 g/mol. The fourth-order valence-corrected chi connectivity index (χ4v) is 1.79. The molecule has 3 nitrogen and oxygen atoms in total. The summed E-state index contributed by atoms with van der Waals surface area (Å²) in [6, 6.07) is 8.21. The number of rotatable bonds is 2. The van der Waals surface area contributed by atoms with Gasteiger partial charge in [-0.25, -0.2) is 4.39 Å². The molecule has 4 heteroatoms. The van der Waals surface area contributed by atoms with Crippen molar-refractivity contribution in [3.8, 4) is 6.07 Å². The highest BCUT2D eigenvalue weighted by atomic mass is 19.1. The molecule has 0 amide bonds. The molecule has 0 aliphatic carbocycles. The molecule has 0 aliphatic heterocycles. The number of aromatic nitrogens is 2. The minimum atomic E-state index is -0.390. The second-order valence-electron chi connectivity index (χ2n) is 4.00. The number of aryl methyl sites for hydroxylation is 2. The van der Waals surface area contributed by atoms with Crippen molar-refractivity contribution in [1.82, 2.24) is 9.78 Å². The van der Waals surface area contributed by atoms with Gasteiger partial charge >= 0.3 is 0 Å². The number of hydrogen-bond donors (Lipinski definition) is 0. The van der Waals surface area contributed by atoms with Crippen LogP contribution < -0.4 is 0 Å². The number of nitriles is 1. The van der Waals surface area contributed by atoms with Gasteiger partial charge in [-0.3, -0.25) is 4.68 Å². The zero-order chi connectivity index (χ0) is 12.4. The fraction of sp³-hybridized carbons (Fsp3) is 0.231. The van der Waals surface area contributed by atoms with Crippen molar-refractivity contribution in [2.75, 3.05) is 0 Å². The first kappa shape index (κ1) is 11.3. The highest BCUT2D eigenvalue weighted by Crippen LogP contribution is 2.13. The van der Waals surface area contributed by atoms with Gasteiger partial charge in [0.15, 0.2) is 0 Å². The van der Waals surface area contributed by atoms with E-state index in [2.05, 4.69) is 5.10 Å². The predicted molar refractivity (Wildman–Crippen MR) is 61.9 cm³/mol. The first-order valence-corrected chi connectivity index (χ1v) is 5.29. The van der Waals surface area contributed by atoms with Crippen molar-refractivity contribution in [1.29, 1.82) is 5.26 Å². The minimum absolute atomic E-state index is 0.359.